The van der Waals surface area contributed by atoms with Gasteiger partial charge in [0.05, 0.1) is 0 Å². The van der Waals surface area contributed by atoms with E-state index in [1.54, 1.807) is 18.2 Å². The van der Waals surface area contributed by atoms with Crippen molar-refractivity contribution in [1.82, 2.24) is 5.32 Å². The molecule has 1 atom stereocenters. The minimum Gasteiger partial charge on any atom is -0.479 e. The second-order valence-electron chi connectivity index (χ2n) is 3.99. The van der Waals surface area contributed by atoms with Gasteiger partial charge in [-0.25, -0.2) is 9.59 Å². The number of aliphatic carboxylic acids is 1. The van der Waals surface area contributed by atoms with Crippen molar-refractivity contribution in [3.05, 3.63) is 28.8 Å². The van der Waals surface area contributed by atoms with Crippen LogP contribution in [0.3, 0.4) is 0 Å². The minimum atomic E-state index is -1.48. The Kier molecular flexibility index (Phi) is 5.59. The summed E-state index contributed by atoms with van der Waals surface area (Å²) in [7, 11) is 0. The van der Waals surface area contributed by atoms with Gasteiger partial charge in [-0.2, -0.15) is 0 Å². The van der Waals surface area contributed by atoms with Crippen molar-refractivity contribution >= 4 is 29.3 Å². The van der Waals surface area contributed by atoms with E-state index in [9.17, 15) is 9.59 Å². The largest absolute Gasteiger partial charge is 0.479 e. The molecule has 0 heterocycles. The molecule has 0 saturated carbocycles. The summed E-state index contributed by atoms with van der Waals surface area (Å²) < 4.78 is 0. The summed E-state index contributed by atoms with van der Waals surface area (Å²) >= 11 is 5.91. The zero-order chi connectivity index (χ0) is 14.4. The van der Waals surface area contributed by atoms with Crippen LogP contribution < -0.4 is 10.6 Å². The number of carboxylic acids is 1. The zero-order valence-corrected chi connectivity index (χ0v) is 11.1. The first-order chi connectivity index (χ1) is 8.90. The molecule has 104 valence electrons. The molecule has 0 fully saturated rings. The summed E-state index contributed by atoms with van der Waals surface area (Å²) in [5.74, 6) is -1.31. The molecule has 7 heteroatoms. The molecule has 1 aromatic carbocycles. The second kappa shape index (κ2) is 6.96. The third-order valence-corrected chi connectivity index (χ3v) is 2.83. The molecular formula is C12H15ClN2O4. The number of aryl methyl sites for hydroxylation is 1. The fraction of sp³-hybridized carbons (Fsp3) is 0.333. The molecule has 0 aliphatic carbocycles. The van der Waals surface area contributed by atoms with E-state index in [2.05, 4.69) is 10.6 Å². The van der Waals surface area contributed by atoms with Crippen LogP contribution in [0.1, 0.15) is 12.0 Å². The van der Waals surface area contributed by atoms with Crippen molar-refractivity contribution in [3.8, 4) is 0 Å². The molecule has 4 N–H and O–H groups in total. The van der Waals surface area contributed by atoms with Crippen LogP contribution in [-0.2, 0) is 4.79 Å². The van der Waals surface area contributed by atoms with Crippen molar-refractivity contribution in [1.29, 1.82) is 0 Å². The molecule has 0 radical (unpaired) electrons. The van der Waals surface area contributed by atoms with Crippen LogP contribution in [0.4, 0.5) is 10.5 Å². The summed E-state index contributed by atoms with van der Waals surface area (Å²) in [6, 6.07) is 4.60. The Morgan fingerprint density at radius 1 is 1.42 bits per heavy atom. The Bertz CT molecular complexity index is 479. The summed E-state index contributed by atoms with van der Waals surface area (Å²) in [4.78, 5) is 21.8. The lowest BCUT2D eigenvalue weighted by atomic mass is 10.2. The quantitative estimate of drug-likeness (QED) is 0.661. The summed E-state index contributed by atoms with van der Waals surface area (Å²) in [6.07, 6.45) is -1.54. The van der Waals surface area contributed by atoms with Crippen LogP contribution in [0, 0.1) is 6.92 Å². The minimum absolute atomic E-state index is 0.0545. The molecule has 0 aliphatic heterocycles. The first-order valence-electron chi connectivity index (χ1n) is 5.62. The highest BCUT2D eigenvalue weighted by molar-refractivity contribution is 6.31. The van der Waals surface area contributed by atoms with E-state index in [4.69, 9.17) is 21.8 Å². The highest BCUT2D eigenvalue weighted by atomic mass is 35.5. The number of anilines is 1. The molecule has 0 spiro atoms. The molecular weight excluding hydrogens is 272 g/mol. The molecule has 0 aliphatic rings. The fourth-order valence-corrected chi connectivity index (χ4v) is 1.47. The number of carboxylic acid groups (broad SMARTS) is 1. The number of hydrogen-bond donors (Lipinski definition) is 4. The van der Waals surface area contributed by atoms with Gasteiger partial charge < -0.3 is 20.8 Å². The van der Waals surface area contributed by atoms with E-state index in [-0.39, 0.29) is 13.0 Å². The molecule has 19 heavy (non-hydrogen) atoms. The second-order valence-corrected chi connectivity index (χ2v) is 4.39. The Morgan fingerprint density at radius 3 is 2.68 bits per heavy atom. The summed E-state index contributed by atoms with van der Waals surface area (Å²) in [5.41, 5.74) is 1.43. The third kappa shape index (κ3) is 5.15. The summed E-state index contributed by atoms with van der Waals surface area (Å²) in [6.45, 7) is 1.90. The number of rotatable bonds is 5. The van der Waals surface area contributed by atoms with E-state index in [1.807, 2.05) is 6.92 Å². The topological polar surface area (TPSA) is 98.7 Å². The molecule has 2 amide bonds. The molecule has 1 rings (SSSR count). The van der Waals surface area contributed by atoms with Crippen molar-refractivity contribution in [2.24, 2.45) is 0 Å². The van der Waals surface area contributed by atoms with Crippen LogP contribution in [0.2, 0.25) is 5.02 Å². The Morgan fingerprint density at radius 2 is 2.11 bits per heavy atom. The van der Waals surface area contributed by atoms with E-state index in [1.165, 1.54) is 0 Å². The first kappa shape index (κ1) is 15.3. The number of urea groups is 1. The molecule has 6 nitrogen and oxygen atoms in total. The monoisotopic (exact) mass is 286 g/mol. The van der Waals surface area contributed by atoms with E-state index in [0.29, 0.717) is 10.7 Å². The molecule has 0 aromatic heterocycles. The average Bonchev–Trinajstić information content (AvgIpc) is 2.33. The number of carbonyl (C=O) groups is 2. The van der Waals surface area contributed by atoms with Gasteiger partial charge in [0.2, 0.25) is 0 Å². The third-order valence-electron chi connectivity index (χ3n) is 2.42. The lowest BCUT2D eigenvalue weighted by Gasteiger charge is -2.09. The standard InChI is InChI=1S/C12H15ClN2O4/c1-7-2-3-8(6-9(7)13)15-12(19)14-5-4-10(16)11(17)18/h2-3,6,10,16H,4-5H2,1H3,(H,17,18)(H2,14,15,19). The smallest absolute Gasteiger partial charge is 0.332 e. The Labute approximate surface area is 115 Å². The van der Waals surface area contributed by atoms with Gasteiger partial charge in [-0.05, 0) is 24.6 Å². The number of hydrogen-bond acceptors (Lipinski definition) is 3. The predicted molar refractivity (Wildman–Crippen MR) is 71.5 cm³/mol. The van der Waals surface area contributed by atoms with Gasteiger partial charge in [0.1, 0.15) is 0 Å². The number of nitrogens with one attached hydrogen (secondary N) is 2. The Balaban J connectivity index is 2.39. The van der Waals surface area contributed by atoms with Crippen molar-refractivity contribution < 1.29 is 19.8 Å². The van der Waals surface area contributed by atoms with Gasteiger partial charge in [-0.15, -0.1) is 0 Å². The van der Waals surface area contributed by atoms with Crippen LogP contribution in [-0.4, -0.2) is 34.9 Å². The number of carbonyl (C=O) groups excluding carboxylic acids is 1. The average molecular weight is 287 g/mol. The van der Waals surface area contributed by atoms with Crippen LogP contribution in [0.5, 0.6) is 0 Å². The number of benzene rings is 1. The van der Waals surface area contributed by atoms with Gasteiger partial charge in [0.15, 0.2) is 6.10 Å². The van der Waals surface area contributed by atoms with Gasteiger partial charge in [-0.1, -0.05) is 17.7 Å². The van der Waals surface area contributed by atoms with Gasteiger partial charge >= 0.3 is 12.0 Å². The van der Waals surface area contributed by atoms with E-state index >= 15 is 0 Å². The number of aliphatic hydroxyl groups excluding tert-OH is 1. The van der Waals surface area contributed by atoms with Crippen LogP contribution in [0.15, 0.2) is 18.2 Å². The van der Waals surface area contributed by atoms with Crippen molar-refractivity contribution in [2.45, 2.75) is 19.4 Å². The first-order valence-corrected chi connectivity index (χ1v) is 6.00. The summed E-state index contributed by atoms with van der Waals surface area (Å²) in [5, 5.41) is 23.0. The van der Waals surface area contributed by atoms with Crippen molar-refractivity contribution in [3.63, 3.8) is 0 Å². The van der Waals surface area contributed by atoms with E-state index < -0.39 is 18.1 Å². The molecule has 1 unspecified atom stereocenters. The number of amides is 2. The Hall–Kier alpha value is -1.79. The zero-order valence-electron chi connectivity index (χ0n) is 10.3. The SMILES string of the molecule is Cc1ccc(NC(=O)NCCC(O)C(=O)O)cc1Cl. The lowest BCUT2D eigenvalue weighted by Crippen LogP contribution is -2.33. The normalized spacial score (nSPS) is 11.7. The maximum absolute atomic E-state index is 11.5. The fourth-order valence-electron chi connectivity index (χ4n) is 1.29. The number of halogens is 1. The number of aliphatic hydroxyl groups is 1. The highest BCUT2D eigenvalue weighted by Gasteiger charge is 2.12. The van der Waals surface area contributed by atoms with Crippen molar-refractivity contribution in [2.75, 3.05) is 11.9 Å². The van der Waals surface area contributed by atoms with Gasteiger partial charge in [-0.3, -0.25) is 0 Å². The highest BCUT2D eigenvalue weighted by Crippen LogP contribution is 2.19. The van der Waals surface area contributed by atoms with Gasteiger partial charge in [0, 0.05) is 23.7 Å². The lowest BCUT2D eigenvalue weighted by molar-refractivity contribution is -0.146. The molecule has 0 saturated heterocycles. The molecule has 0 bridgehead atoms. The maximum Gasteiger partial charge on any atom is 0.332 e. The van der Waals surface area contributed by atoms with Crippen LogP contribution in [0.25, 0.3) is 0 Å². The van der Waals surface area contributed by atoms with E-state index in [0.717, 1.165) is 5.56 Å². The van der Waals surface area contributed by atoms with Crippen LogP contribution >= 0.6 is 11.6 Å². The maximum atomic E-state index is 11.5. The molecule has 1 aromatic rings. The predicted octanol–water partition coefficient (Wildman–Crippen LogP) is 1.61. The van der Waals surface area contributed by atoms with Gasteiger partial charge in [0.25, 0.3) is 0 Å².